The highest BCUT2D eigenvalue weighted by Gasteiger charge is 2.18. The topological polar surface area (TPSA) is 17.8 Å². The zero-order valence-electron chi connectivity index (χ0n) is 9.68. The van der Waals surface area contributed by atoms with Crippen molar-refractivity contribution in [3.05, 3.63) is 28.6 Å². The molecule has 15 heavy (non-hydrogen) atoms. The van der Waals surface area contributed by atoms with Gasteiger partial charge in [0.25, 0.3) is 0 Å². The minimum Gasteiger partial charge on any atom is -0.346 e. The van der Waals surface area contributed by atoms with Gasteiger partial charge in [0.15, 0.2) is 0 Å². The quantitative estimate of drug-likeness (QED) is 0.625. The maximum Gasteiger partial charge on any atom is 0.129 e. The number of hydrogen-bond acceptors (Lipinski definition) is 1. The molecule has 2 nitrogen and oxygen atoms in total. The molecule has 0 N–H and O–H groups in total. The van der Waals surface area contributed by atoms with E-state index in [2.05, 4.69) is 9.55 Å². The monoisotopic (exact) mass is 221 g/mol. The molecule has 0 saturated carbocycles. The van der Waals surface area contributed by atoms with E-state index in [-0.39, 0.29) is 0 Å². The van der Waals surface area contributed by atoms with Gasteiger partial charge in [-0.25, -0.2) is 4.98 Å². The predicted molar refractivity (Wildman–Crippen MR) is 62.4 cm³/mol. The summed E-state index contributed by atoms with van der Waals surface area (Å²) in [4.78, 5) is 4.02. The Labute approximate surface area is 95.3 Å². The van der Waals surface area contributed by atoms with Crippen molar-refractivity contribution in [3.8, 4) is 0 Å². The largest absolute Gasteiger partial charge is 0.346 e. The van der Waals surface area contributed by atoms with Crippen LogP contribution in [0.2, 0.25) is 5.15 Å². The fourth-order valence-corrected chi connectivity index (χ4v) is 2.71. The maximum atomic E-state index is 7.91. The van der Waals surface area contributed by atoms with Crippen LogP contribution in [0, 0.1) is 0 Å². The van der Waals surface area contributed by atoms with E-state index in [4.69, 9.17) is 13.0 Å². The molecule has 2 aromatic heterocycles. The average molecular weight is 222 g/mol. The fraction of sp³-hybridized carbons (Fsp3) is 0.417. The lowest BCUT2D eigenvalue weighted by atomic mass is 9.96. The highest BCUT2D eigenvalue weighted by atomic mass is 35.5. The van der Waals surface area contributed by atoms with Crippen molar-refractivity contribution in [3.63, 3.8) is 0 Å². The third-order valence-electron chi connectivity index (χ3n) is 3.29. The highest BCUT2D eigenvalue weighted by molar-refractivity contribution is 6.30. The van der Waals surface area contributed by atoms with Crippen LogP contribution in [0.5, 0.6) is 0 Å². The van der Waals surface area contributed by atoms with E-state index in [0.717, 1.165) is 23.7 Å². The lowest BCUT2D eigenvalue weighted by molar-refractivity contribution is 0.653. The van der Waals surface area contributed by atoms with Gasteiger partial charge in [-0.15, -0.1) is 0 Å². The van der Waals surface area contributed by atoms with Gasteiger partial charge in [0.05, 0.1) is 13.1 Å². The van der Waals surface area contributed by atoms with Crippen LogP contribution in [0.4, 0.5) is 0 Å². The lowest BCUT2D eigenvalue weighted by Gasteiger charge is -2.12. The van der Waals surface area contributed by atoms with Crippen molar-refractivity contribution in [2.24, 2.45) is 7.05 Å². The number of aryl methyl sites for hydroxylation is 2. The average Bonchev–Trinajstić information content (AvgIpc) is 2.54. The zero-order chi connectivity index (χ0) is 11.3. The molecular weight excluding hydrogens is 208 g/mol. The van der Waals surface area contributed by atoms with Crippen molar-refractivity contribution in [1.82, 2.24) is 9.55 Å². The lowest BCUT2D eigenvalue weighted by Crippen LogP contribution is -2.04. The number of hydrogen-bond donors (Lipinski definition) is 0. The Morgan fingerprint density at radius 2 is 2.27 bits per heavy atom. The molecule has 3 rings (SSSR count). The van der Waals surface area contributed by atoms with Crippen LogP contribution in [0.15, 0.2) is 12.2 Å². The van der Waals surface area contributed by atoms with E-state index in [1.165, 1.54) is 24.1 Å². The Morgan fingerprint density at radius 3 is 3.13 bits per heavy atom. The molecule has 0 radical (unpaired) electrons. The Morgan fingerprint density at radius 1 is 1.47 bits per heavy atom. The molecule has 0 saturated heterocycles. The van der Waals surface area contributed by atoms with E-state index in [1.807, 2.05) is 13.1 Å². The van der Waals surface area contributed by atoms with Crippen LogP contribution in [-0.2, 0) is 19.9 Å². The minimum absolute atomic E-state index is 0.291. The van der Waals surface area contributed by atoms with E-state index < -0.39 is 0 Å². The first kappa shape index (κ1) is 8.17. The molecule has 1 aliphatic carbocycles. The molecule has 2 heterocycles. The van der Waals surface area contributed by atoms with E-state index in [0.29, 0.717) is 11.3 Å². The standard InChI is InChI=1S/C12H13ClN2/c1-15-10-5-3-2-4-8(10)9-6-12(13)14-7-11(9)15/h6-7H,2-5H2,1H3/i7D. The summed E-state index contributed by atoms with van der Waals surface area (Å²) in [6.45, 7) is 0. The Kier molecular flexibility index (Phi) is 1.76. The first-order valence-electron chi connectivity index (χ1n) is 5.82. The Balaban J connectivity index is 2.44. The van der Waals surface area contributed by atoms with Gasteiger partial charge < -0.3 is 4.57 Å². The molecule has 2 aromatic rings. The second kappa shape index (κ2) is 3.24. The summed E-state index contributed by atoms with van der Waals surface area (Å²) in [5.74, 6) is 0. The molecular formula is C12H13ClN2. The summed E-state index contributed by atoms with van der Waals surface area (Å²) in [6, 6.07) is 1.90. The van der Waals surface area contributed by atoms with Gasteiger partial charge >= 0.3 is 0 Å². The van der Waals surface area contributed by atoms with Gasteiger partial charge in [-0.1, -0.05) is 11.6 Å². The smallest absolute Gasteiger partial charge is 0.129 e. The molecule has 1 aliphatic rings. The van der Waals surface area contributed by atoms with E-state index in [9.17, 15) is 0 Å². The molecule has 0 spiro atoms. The fourth-order valence-electron chi connectivity index (χ4n) is 2.56. The van der Waals surface area contributed by atoms with Gasteiger partial charge in [-0.2, -0.15) is 0 Å². The van der Waals surface area contributed by atoms with Gasteiger partial charge in [-0.3, -0.25) is 0 Å². The van der Waals surface area contributed by atoms with Gasteiger partial charge in [-0.05, 0) is 37.3 Å². The third kappa shape index (κ3) is 1.28. The first-order valence-corrected chi connectivity index (χ1v) is 5.69. The first-order chi connectivity index (χ1) is 7.68. The highest BCUT2D eigenvalue weighted by Crippen LogP contribution is 2.31. The van der Waals surface area contributed by atoms with Crippen LogP contribution in [0.3, 0.4) is 0 Å². The normalized spacial score (nSPS) is 16.5. The predicted octanol–water partition coefficient (Wildman–Crippen LogP) is 3.11. The molecule has 0 atom stereocenters. The Bertz CT molecular complexity index is 574. The SMILES string of the molecule is [2H]c1nc(Cl)cc2c3c(n(C)c12)CCCC3. The van der Waals surface area contributed by atoms with Crippen molar-refractivity contribution < 1.29 is 1.37 Å². The van der Waals surface area contributed by atoms with Crippen LogP contribution in [-0.4, -0.2) is 9.55 Å². The maximum absolute atomic E-state index is 7.91. The van der Waals surface area contributed by atoms with Crippen molar-refractivity contribution in [2.75, 3.05) is 0 Å². The summed E-state index contributed by atoms with van der Waals surface area (Å²) in [7, 11) is 2.03. The Hall–Kier alpha value is -1.02. The molecule has 0 amide bonds. The minimum atomic E-state index is 0.291. The van der Waals surface area contributed by atoms with Crippen LogP contribution in [0.1, 0.15) is 25.5 Å². The van der Waals surface area contributed by atoms with Gasteiger partial charge in [0.1, 0.15) is 5.15 Å². The summed E-state index contributed by atoms with van der Waals surface area (Å²) in [5, 5.41) is 1.55. The third-order valence-corrected chi connectivity index (χ3v) is 3.48. The molecule has 3 heteroatoms. The molecule has 78 valence electrons. The molecule has 0 unspecified atom stereocenters. The van der Waals surface area contributed by atoms with Crippen LogP contribution < -0.4 is 0 Å². The van der Waals surface area contributed by atoms with E-state index in [1.54, 1.807) is 0 Å². The summed E-state index contributed by atoms with van der Waals surface area (Å²) in [5.41, 5.74) is 3.66. The van der Waals surface area contributed by atoms with Crippen molar-refractivity contribution in [2.45, 2.75) is 25.7 Å². The number of nitrogens with zero attached hydrogens (tertiary/aromatic N) is 2. The number of fused-ring (bicyclic) bond motifs is 3. The molecule has 0 aromatic carbocycles. The van der Waals surface area contributed by atoms with Crippen LogP contribution >= 0.6 is 11.6 Å². The second-order valence-electron chi connectivity index (χ2n) is 4.14. The second-order valence-corrected chi connectivity index (χ2v) is 4.53. The number of pyridine rings is 1. The number of halogens is 1. The summed E-state index contributed by atoms with van der Waals surface area (Å²) in [6.07, 6.45) is 4.98. The molecule has 0 bridgehead atoms. The summed E-state index contributed by atoms with van der Waals surface area (Å²) < 4.78 is 10.0. The molecule has 0 fully saturated rings. The van der Waals surface area contributed by atoms with Gasteiger partial charge in [0, 0.05) is 18.1 Å². The van der Waals surface area contributed by atoms with Gasteiger partial charge in [0.2, 0.25) is 0 Å². The van der Waals surface area contributed by atoms with Crippen molar-refractivity contribution in [1.29, 1.82) is 0 Å². The number of rotatable bonds is 0. The number of aromatic nitrogens is 2. The molecule has 0 aliphatic heterocycles. The van der Waals surface area contributed by atoms with Crippen LogP contribution in [0.25, 0.3) is 10.9 Å². The summed E-state index contributed by atoms with van der Waals surface area (Å²) >= 11 is 5.94. The van der Waals surface area contributed by atoms with E-state index >= 15 is 0 Å². The van der Waals surface area contributed by atoms with Crippen molar-refractivity contribution >= 4 is 22.5 Å². The zero-order valence-corrected chi connectivity index (χ0v) is 9.43.